The van der Waals surface area contributed by atoms with E-state index in [1.807, 2.05) is 80.6 Å². The number of carbonyl (C=O) groups is 2. The van der Waals surface area contributed by atoms with E-state index in [2.05, 4.69) is 27.3 Å². The first-order valence-corrected chi connectivity index (χ1v) is 13.8. The number of halogens is 1. The molecular weight excluding hydrogens is 528 g/mol. The molecule has 1 fully saturated rings. The van der Waals surface area contributed by atoms with Gasteiger partial charge in [-0.2, -0.15) is 0 Å². The second-order valence-electron chi connectivity index (χ2n) is 9.91. The standard InChI is InChI=1S/C31H35BrN2O3/c1-22-9-8-12-25(17-22)20-34(30(35)21-37-27-15-16-28(32)23(2)18-27)29(19-24-10-4-3-5-11-24)31(36)33-26-13-6-7-14-26/h3-5,8-12,15-18,26,29H,6-7,13-14,19-21H2,1-2H3,(H,33,36)/t29-/m0/s1. The van der Waals surface area contributed by atoms with Gasteiger partial charge in [0.05, 0.1) is 0 Å². The predicted molar refractivity (Wildman–Crippen MR) is 150 cm³/mol. The lowest BCUT2D eigenvalue weighted by Gasteiger charge is -2.32. The minimum atomic E-state index is -0.647. The van der Waals surface area contributed by atoms with E-state index in [-0.39, 0.29) is 24.5 Å². The fourth-order valence-electron chi connectivity index (χ4n) is 4.86. The molecule has 1 saturated carbocycles. The Labute approximate surface area is 228 Å². The van der Waals surface area contributed by atoms with Crippen LogP contribution in [-0.4, -0.2) is 35.4 Å². The molecular formula is C31H35BrN2O3. The molecule has 5 nitrogen and oxygen atoms in total. The Bertz CT molecular complexity index is 1210. The third kappa shape index (κ3) is 7.68. The van der Waals surface area contributed by atoms with E-state index in [1.54, 1.807) is 4.90 Å². The highest BCUT2D eigenvalue weighted by Gasteiger charge is 2.32. The van der Waals surface area contributed by atoms with E-state index in [0.29, 0.717) is 18.7 Å². The van der Waals surface area contributed by atoms with Gasteiger partial charge in [-0.15, -0.1) is 0 Å². The first kappa shape index (κ1) is 26.9. The minimum absolute atomic E-state index is 0.101. The molecule has 37 heavy (non-hydrogen) atoms. The molecule has 1 N–H and O–H groups in total. The Kier molecular flexibility index (Phi) is 9.40. The van der Waals surface area contributed by atoms with Gasteiger partial charge >= 0.3 is 0 Å². The van der Waals surface area contributed by atoms with Crippen molar-refractivity contribution >= 4 is 27.7 Å². The van der Waals surface area contributed by atoms with E-state index in [4.69, 9.17) is 4.74 Å². The van der Waals surface area contributed by atoms with Crippen molar-refractivity contribution in [3.05, 3.63) is 99.5 Å². The zero-order chi connectivity index (χ0) is 26.2. The zero-order valence-corrected chi connectivity index (χ0v) is 23.2. The second-order valence-corrected chi connectivity index (χ2v) is 10.8. The number of carbonyl (C=O) groups excluding carboxylic acids is 2. The third-order valence-corrected chi connectivity index (χ3v) is 7.79. The number of ether oxygens (including phenoxy) is 1. The van der Waals surface area contributed by atoms with Crippen molar-refractivity contribution in [1.82, 2.24) is 10.2 Å². The molecule has 0 heterocycles. The average molecular weight is 564 g/mol. The van der Waals surface area contributed by atoms with Gasteiger partial charge < -0.3 is 15.0 Å². The van der Waals surface area contributed by atoms with Crippen LogP contribution in [0.1, 0.15) is 47.9 Å². The summed E-state index contributed by atoms with van der Waals surface area (Å²) in [4.78, 5) is 29.1. The number of hydrogen-bond acceptors (Lipinski definition) is 3. The molecule has 0 spiro atoms. The zero-order valence-electron chi connectivity index (χ0n) is 21.6. The summed E-state index contributed by atoms with van der Waals surface area (Å²) in [6, 6.07) is 23.2. The van der Waals surface area contributed by atoms with E-state index in [1.165, 1.54) is 0 Å². The van der Waals surface area contributed by atoms with E-state index in [0.717, 1.165) is 52.4 Å². The number of nitrogens with zero attached hydrogens (tertiary/aromatic N) is 1. The first-order valence-electron chi connectivity index (χ1n) is 13.0. The van der Waals surface area contributed by atoms with Crippen molar-refractivity contribution in [3.8, 4) is 5.75 Å². The third-order valence-electron chi connectivity index (χ3n) is 6.90. The highest BCUT2D eigenvalue weighted by molar-refractivity contribution is 9.10. The maximum Gasteiger partial charge on any atom is 0.261 e. The molecule has 0 saturated heterocycles. The first-order chi connectivity index (χ1) is 17.9. The smallest absolute Gasteiger partial charge is 0.261 e. The molecule has 4 rings (SSSR count). The Morgan fingerprint density at radius 3 is 2.41 bits per heavy atom. The maximum atomic E-state index is 13.7. The molecule has 3 aromatic carbocycles. The van der Waals surface area contributed by atoms with Crippen LogP contribution in [0.2, 0.25) is 0 Å². The summed E-state index contributed by atoms with van der Waals surface area (Å²) in [5.41, 5.74) is 4.14. The summed E-state index contributed by atoms with van der Waals surface area (Å²) in [5.74, 6) is 0.306. The van der Waals surface area contributed by atoms with Crippen LogP contribution in [0.5, 0.6) is 5.75 Å². The lowest BCUT2D eigenvalue weighted by Crippen LogP contribution is -2.53. The van der Waals surface area contributed by atoms with Gasteiger partial charge in [-0.1, -0.05) is 88.9 Å². The number of aryl methyl sites for hydroxylation is 2. The summed E-state index contributed by atoms with van der Waals surface area (Å²) in [7, 11) is 0. The SMILES string of the molecule is Cc1cccc(CN(C(=O)COc2ccc(Br)c(C)c2)[C@@H](Cc2ccccc2)C(=O)NC2CCCC2)c1. The summed E-state index contributed by atoms with van der Waals surface area (Å²) >= 11 is 3.50. The molecule has 0 unspecified atom stereocenters. The predicted octanol–water partition coefficient (Wildman–Crippen LogP) is 6.14. The van der Waals surface area contributed by atoms with Crippen molar-refractivity contribution in [3.63, 3.8) is 0 Å². The normalized spacial score (nSPS) is 14.2. The lowest BCUT2D eigenvalue weighted by atomic mass is 10.0. The minimum Gasteiger partial charge on any atom is -0.484 e. The van der Waals surface area contributed by atoms with Gasteiger partial charge in [-0.05, 0) is 61.6 Å². The van der Waals surface area contributed by atoms with Gasteiger partial charge in [-0.3, -0.25) is 9.59 Å². The van der Waals surface area contributed by atoms with E-state index < -0.39 is 6.04 Å². The van der Waals surface area contributed by atoms with Crippen LogP contribution in [0.25, 0.3) is 0 Å². The molecule has 0 aromatic heterocycles. The number of hydrogen-bond donors (Lipinski definition) is 1. The molecule has 1 aliphatic carbocycles. The van der Waals surface area contributed by atoms with E-state index in [9.17, 15) is 9.59 Å². The molecule has 6 heteroatoms. The Morgan fingerprint density at radius 2 is 1.70 bits per heavy atom. The topological polar surface area (TPSA) is 58.6 Å². The van der Waals surface area contributed by atoms with Crippen LogP contribution in [0.15, 0.2) is 77.3 Å². The van der Waals surface area contributed by atoms with Crippen LogP contribution in [0.3, 0.4) is 0 Å². The Balaban J connectivity index is 1.61. The summed E-state index contributed by atoms with van der Waals surface area (Å²) in [5, 5.41) is 3.24. The molecule has 1 atom stereocenters. The Morgan fingerprint density at radius 1 is 0.973 bits per heavy atom. The van der Waals surface area contributed by atoms with Crippen LogP contribution < -0.4 is 10.1 Å². The number of benzene rings is 3. The van der Waals surface area contributed by atoms with E-state index >= 15 is 0 Å². The van der Waals surface area contributed by atoms with Crippen LogP contribution in [-0.2, 0) is 22.6 Å². The van der Waals surface area contributed by atoms with Gasteiger partial charge in [0, 0.05) is 23.5 Å². The van der Waals surface area contributed by atoms with Crippen molar-refractivity contribution in [2.24, 2.45) is 0 Å². The average Bonchev–Trinajstić information content (AvgIpc) is 3.40. The van der Waals surface area contributed by atoms with Crippen molar-refractivity contribution < 1.29 is 14.3 Å². The second kappa shape index (κ2) is 12.9. The Hall–Kier alpha value is -3.12. The number of nitrogens with one attached hydrogen (secondary N) is 1. The van der Waals surface area contributed by atoms with Crippen molar-refractivity contribution in [2.45, 2.75) is 64.6 Å². The number of amides is 2. The quantitative estimate of drug-likeness (QED) is 0.322. The fraction of sp³-hybridized carbons (Fsp3) is 0.355. The summed E-state index contributed by atoms with van der Waals surface area (Å²) in [6.07, 6.45) is 4.67. The molecule has 0 aliphatic heterocycles. The molecule has 1 aliphatic rings. The molecule has 3 aromatic rings. The lowest BCUT2D eigenvalue weighted by molar-refractivity contribution is -0.143. The van der Waals surface area contributed by atoms with Crippen LogP contribution in [0, 0.1) is 13.8 Å². The van der Waals surface area contributed by atoms with Crippen LogP contribution >= 0.6 is 15.9 Å². The highest BCUT2D eigenvalue weighted by Crippen LogP contribution is 2.23. The molecule has 2 amide bonds. The van der Waals surface area contributed by atoms with Crippen molar-refractivity contribution in [1.29, 1.82) is 0 Å². The largest absolute Gasteiger partial charge is 0.484 e. The van der Waals surface area contributed by atoms with Crippen LogP contribution in [0.4, 0.5) is 0 Å². The summed E-state index contributed by atoms with van der Waals surface area (Å²) in [6.45, 7) is 4.20. The van der Waals surface area contributed by atoms with Gasteiger partial charge in [-0.25, -0.2) is 0 Å². The van der Waals surface area contributed by atoms with Gasteiger partial charge in [0.15, 0.2) is 6.61 Å². The van der Waals surface area contributed by atoms with Crippen molar-refractivity contribution in [2.75, 3.05) is 6.61 Å². The highest BCUT2D eigenvalue weighted by atomic mass is 79.9. The maximum absolute atomic E-state index is 13.7. The summed E-state index contributed by atoms with van der Waals surface area (Å²) < 4.78 is 6.90. The molecule has 194 valence electrons. The molecule has 0 bridgehead atoms. The monoisotopic (exact) mass is 562 g/mol. The van der Waals surface area contributed by atoms with Gasteiger partial charge in [0.1, 0.15) is 11.8 Å². The fourth-order valence-corrected chi connectivity index (χ4v) is 5.11. The molecule has 0 radical (unpaired) electrons. The van der Waals surface area contributed by atoms with Gasteiger partial charge in [0.2, 0.25) is 5.91 Å². The number of rotatable bonds is 10. The van der Waals surface area contributed by atoms with Gasteiger partial charge in [0.25, 0.3) is 5.91 Å².